The molecule has 0 spiro atoms. The summed E-state index contributed by atoms with van der Waals surface area (Å²) in [6, 6.07) is 0.533. The van der Waals surface area contributed by atoms with Gasteiger partial charge in [0.25, 0.3) is 0 Å². The Balaban J connectivity index is 1.91. The standard InChI is InChI=1S/C10H16N4OS/c1-7(2)8-3-4-16-10(13-8)11-5-9-12-6-15-14-9/h6-8H,3-5H2,1-2H3,(H,11,13). The zero-order chi connectivity index (χ0) is 11.4. The van der Waals surface area contributed by atoms with Gasteiger partial charge in [0.15, 0.2) is 11.0 Å². The second kappa shape index (κ2) is 5.34. The summed E-state index contributed by atoms with van der Waals surface area (Å²) in [6.07, 6.45) is 2.53. The lowest BCUT2D eigenvalue weighted by atomic mass is 10.0. The molecule has 0 radical (unpaired) electrons. The van der Waals surface area contributed by atoms with Gasteiger partial charge in [-0.15, -0.1) is 0 Å². The first-order valence-electron chi connectivity index (χ1n) is 5.44. The van der Waals surface area contributed by atoms with E-state index in [1.807, 2.05) is 0 Å². The van der Waals surface area contributed by atoms with Gasteiger partial charge in [-0.1, -0.05) is 30.8 Å². The van der Waals surface area contributed by atoms with Crippen molar-refractivity contribution in [3.8, 4) is 0 Å². The molecule has 5 nitrogen and oxygen atoms in total. The molecule has 0 bridgehead atoms. The maximum atomic E-state index is 4.66. The highest BCUT2D eigenvalue weighted by molar-refractivity contribution is 8.13. The first kappa shape index (κ1) is 11.4. The first-order valence-corrected chi connectivity index (χ1v) is 6.43. The number of rotatable bonds is 3. The highest BCUT2D eigenvalue weighted by atomic mass is 32.2. The number of thioether (sulfide) groups is 1. The van der Waals surface area contributed by atoms with Crippen LogP contribution in [-0.2, 0) is 6.54 Å². The van der Waals surface area contributed by atoms with Crippen LogP contribution in [0.2, 0.25) is 0 Å². The Morgan fingerprint density at radius 3 is 3.25 bits per heavy atom. The largest absolute Gasteiger partial charge is 0.362 e. The van der Waals surface area contributed by atoms with E-state index >= 15 is 0 Å². The number of nitrogens with one attached hydrogen (secondary N) is 1. The van der Waals surface area contributed by atoms with Gasteiger partial charge in [-0.05, 0) is 12.3 Å². The van der Waals surface area contributed by atoms with Crippen molar-refractivity contribution in [2.45, 2.75) is 32.9 Å². The fourth-order valence-electron chi connectivity index (χ4n) is 1.55. The van der Waals surface area contributed by atoms with Crippen molar-refractivity contribution < 1.29 is 4.52 Å². The molecule has 1 aliphatic rings. The van der Waals surface area contributed by atoms with E-state index in [-0.39, 0.29) is 0 Å². The predicted molar refractivity (Wildman–Crippen MR) is 64.3 cm³/mol. The van der Waals surface area contributed by atoms with Crippen molar-refractivity contribution in [3.05, 3.63) is 12.2 Å². The Kier molecular flexibility index (Phi) is 3.82. The molecular weight excluding hydrogens is 224 g/mol. The molecule has 1 N–H and O–H groups in total. The molecule has 1 fully saturated rings. The van der Waals surface area contributed by atoms with E-state index in [1.165, 1.54) is 12.8 Å². The lowest BCUT2D eigenvalue weighted by molar-refractivity contribution is 0.410. The molecular formula is C10H16N4OS. The van der Waals surface area contributed by atoms with E-state index in [0.29, 0.717) is 24.3 Å². The normalized spacial score (nSPS) is 23.7. The maximum Gasteiger partial charge on any atom is 0.213 e. The maximum absolute atomic E-state index is 4.66. The van der Waals surface area contributed by atoms with Crippen LogP contribution >= 0.6 is 11.8 Å². The molecule has 1 aliphatic heterocycles. The van der Waals surface area contributed by atoms with E-state index in [9.17, 15) is 0 Å². The van der Waals surface area contributed by atoms with E-state index in [2.05, 4.69) is 38.8 Å². The third-order valence-electron chi connectivity index (χ3n) is 2.55. The second-order valence-electron chi connectivity index (χ2n) is 4.10. The molecule has 0 aromatic carbocycles. The van der Waals surface area contributed by atoms with Crippen molar-refractivity contribution in [1.29, 1.82) is 0 Å². The van der Waals surface area contributed by atoms with Gasteiger partial charge in [-0.3, -0.25) is 4.99 Å². The van der Waals surface area contributed by atoms with Crippen molar-refractivity contribution >= 4 is 16.9 Å². The lowest BCUT2D eigenvalue weighted by Gasteiger charge is -2.28. The summed E-state index contributed by atoms with van der Waals surface area (Å²) >= 11 is 1.76. The van der Waals surface area contributed by atoms with Crippen molar-refractivity contribution in [3.63, 3.8) is 0 Å². The second-order valence-corrected chi connectivity index (χ2v) is 5.18. The summed E-state index contributed by atoms with van der Waals surface area (Å²) in [4.78, 5) is 8.37. The zero-order valence-electron chi connectivity index (χ0n) is 9.51. The monoisotopic (exact) mass is 240 g/mol. The van der Waals surface area contributed by atoms with Gasteiger partial charge in [0.05, 0.1) is 0 Å². The molecule has 2 heterocycles. The topological polar surface area (TPSA) is 63.3 Å². The Labute approximate surface area is 99.1 Å². The first-order chi connectivity index (χ1) is 7.75. The summed E-state index contributed by atoms with van der Waals surface area (Å²) in [5, 5.41) is 8.16. The molecule has 2 rings (SSSR count). The fourth-order valence-corrected chi connectivity index (χ4v) is 2.51. The fraction of sp³-hybridized carbons (Fsp3) is 0.700. The van der Waals surface area contributed by atoms with Crippen LogP contribution in [-0.4, -0.2) is 27.1 Å². The Morgan fingerprint density at radius 2 is 2.56 bits per heavy atom. The molecule has 0 amide bonds. The molecule has 1 atom stereocenters. The quantitative estimate of drug-likeness (QED) is 0.870. The van der Waals surface area contributed by atoms with Gasteiger partial charge in [0, 0.05) is 11.8 Å². The smallest absolute Gasteiger partial charge is 0.213 e. The minimum atomic E-state index is 0.483. The lowest BCUT2D eigenvalue weighted by Crippen LogP contribution is -2.41. The van der Waals surface area contributed by atoms with Gasteiger partial charge >= 0.3 is 0 Å². The van der Waals surface area contributed by atoms with Crippen molar-refractivity contribution in [2.75, 3.05) is 5.75 Å². The van der Waals surface area contributed by atoms with Gasteiger partial charge in [0.2, 0.25) is 6.39 Å². The van der Waals surface area contributed by atoms with Crippen LogP contribution in [0.1, 0.15) is 26.1 Å². The molecule has 16 heavy (non-hydrogen) atoms. The van der Waals surface area contributed by atoms with Gasteiger partial charge in [0.1, 0.15) is 6.54 Å². The van der Waals surface area contributed by atoms with Crippen LogP contribution in [0.25, 0.3) is 0 Å². The van der Waals surface area contributed by atoms with Gasteiger partial charge in [-0.2, -0.15) is 4.98 Å². The molecule has 0 saturated carbocycles. The third kappa shape index (κ3) is 2.98. The average Bonchev–Trinajstić information content (AvgIpc) is 2.79. The zero-order valence-corrected chi connectivity index (χ0v) is 10.3. The summed E-state index contributed by atoms with van der Waals surface area (Å²) in [5.74, 6) is 2.39. The van der Waals surface area contributed by atoms with Gasteiger partial charge < -0.3 is 9.84 Å². The highest BCUT2D eigenvalue weighted by Crippen LogP contribution is 2.18. The number of hydrogen-bond donors (Lipinski definition) is 1. The number of aromatic nitrogens is 2. The summed E-state index contributed by atoms with van der Waals surface area (Å²) < 4.78 is 4.66. The van der Waals surface area contributed by atoms with Crippen LogP contribution in [0.5, 0.6) is 0 Å². The number of nitrogens with zero attached hydrogens (tertiary/aromatic N) is 3. The molecule has 1 unspecified atom stereocenters. The van der Waals surface area contributed by atoms with E-state index in [4.69, 9.17) is 0 Å². The molecule has 1 aromatic rings. The number of aliphatic imine (C=N–C) groups is 1. The van der Waals surface area contributed by atoms with Crippen LogP contribution in [0.3, 0.4) is 0 Å². The Morgan fingerprint density at radius 1 is 1.69 bits per heavy atom. The summed E-state index contributed by atoms with van der Waals surface area (Å²) in [6.45, 7) is 4.94. The minimum absolute atomic E-state index is 0.483. The molecule has 0 aliphatic carbocycles. The van der Waals surface area contributed by atoms with Crippen LogP contribution in [0.4, 0.5) is 0 Å². The Hall–Kier alpha value is -1.04. The van der Waals surface area contributed by atoms with E-state index in [1.54, 1.807) is 11.8 Å². The number of hydrogen-bond acceptors (Lipinski definition) is 5. The van der Waals surface area contributed by atoms with Crippen LogP contribution in [0, 0.1) is 5.92 Å². The molecule has 1 saturated heterocycles. The highest BCUT2D eigenvalue weighted by Gasteiger charge is 2.19. The molecule has 6 heteroatoms. The van der Waals surface area contributed by atoms with Crippen molar-refractivity contribution in [1.82, 2.24) is 15.5 Å². The Bertz CT molecular complexity index is 350. The molecule has 1 aromatic heterocycles. The molecule has 88 valence electrons. The minimum Gasteiger partial charge on any atom is -0.362 e. The van der Waals surface area contributed by atoms with Gasteiger partial charge in [-0.25, -0.2) is 0 Å². The summed E-state index contributed by atoms with van der Waals surface area (Å²) in [5.41, 5.74) is 0. The van der Waals surface area contributed by atoms with E-state index < -0.39 is 0 Å². The van der Waals surface area contributed by atoms with E-state index in [0.717, 1.165) is 10.9 Å². The van der Waals surface area contributed by atoms with Crippen LogP contribution < -0.4 is 5.32 Å². The van der Waals surface area contributed by atoms with Crippen LogP contribution in [0.15, 0.2) is 15.9 Å². The summed E-state index contributed by atoms with van der Waals surface area (Å²) in [7, 11) is 0. The third-order valence-corrected chi connectivity index (χ3v) is 3.51. The average molecular weight is 240 g/mol. The SMILES string of the molecule is CC(C)C1CCSC(=NCc2ncon2)N1. The number of amidine groups is 1. The van der Waals surface area contributed by atoms with Crippen molar-refractivity contribution in [2.24, 2.45) is 10.9 Å². The predicted octanol–water partition coefficient (Wildman–Crippen LogP) is 1.68.